The van der Waals surface area contributed by atoms with E-state index >= 15 is 0 Å². The summed E-state index contributed by atoms with van der Waals surface area (Å²) in [5.41, 5.74) is 6.48. The topological polar surface area (TPSA) is 71.2 Å². The van der Waals surface area contributed by atoms with Crippen LogP contribution in [-0.4, -0.2) is 42.5 Å². The predicted molar refractivity (Wildman–Crippen MR) is 80.8 cm³/mol. The van der Waals surface area contributed by atoms with E-state index in [9.17, 15) is 4.79 Å². The van der Waals surface area contributed by atoms with E-state index in [1.54, 1.807) is 0 Å². The molecular weight excluding hydrogens is 276 g/mol. The number of amides is 1. The largest absolute Gasteiger partial charge is 0.397 e. The molecule has 6 heteroatoms. The minimum Gasteiger partial charge on any atom is -0.397 e. The molecule has 2 heterocycles. The molecule has 110 valence electrons. The van der Waals surface area contributed by atoms with Crippen LogP contribution < -0.4 is 11.1 Å². The van der Waals surface area contributed by atoms with Crippen molar-refractivity contribution in [2.75, 3.05) is 32.4 Å². The first-order valence-corrected chi connectivity index (χ1v) is 7.32. The number of carbonyl (C=O) groups excluding carboxylic acids is 1. The average Bonchev–Trinajstić information content (AvgIpc) is 2.43. The van der Waals surface area contributed by atoms with E-state index in [-0.39, 0.29) is 11.1 Å². The minimum absolute atomic E-state index is 0.181. The molecule has 1 amide bonds. The van der Waals surface area contributed by atoms with Crippen molar-refractivity contribution >= 4 is 23.2 Å². The van der Waals surface area contributed by atoms with Gasteiger partial charge in [-0.2, -0.15) is 0 Å². The van der Waals surface area contributed by atoms with Gasteiger partial charge in [-0.1, -0.05) is 11.6 Å². The van der Waals surface area contributed by atoms with Crippen molar-refractivity contribution < 1.29 is 4.79 Å². The highest BCUT2D eigenvalue weighted by Crippen LogP contribution is 2.19. The summed E-state index contributed by atoms with van der Waals surface area (Å²) < 4.78 is 0. The van der Waals surface area contributed by atoms with Gasteiger partial charge in [0.2, 0.25) is 0 Å². The number of piperidine rings is 1. The van der Waals surface area contributed by atoms with E-state index in [1.165, 1.54) is 25.1 Å². The molecule has 1 aliphatic rings. The lowest BCUT2D eigenvalue weighted by molar-refractivity contribution is 0.0949. The predicted octanol–water partition coefficient (Wildman–Crippen LogP) is 1.78. The van der Waals surface area contributed by atoms with Crippen molar-refractivity contribution in [2.45, 2.75) is 19.3 Å². The number of hydrogen-bond donors (Lipinski definition) is 2. The van der Waals surface area contributed by atoms with Gasteiger partial charge in [-0.15, -0.1) is 0 Å². The van der Waals surface area contributed by atoms with E-state index in [0.717, 1.165) is 19.5 Å². The average molecular weight is 297 g/mol. The Morgan fingerprint density at radius 2 is 2.25 bits per heavy atom. The van der Waals surface area contributed by atoms with Crippen molar-refractivity contribution in [3.05, 3.63) is 23.0 Å². The van der Waals surface area contributed by atoms with Crippen molar-refractivity contribution in [2.24, 2.45) is 5.92 Å². The number of nitrogen functional groups attached to an aromatic ring is 1. The molecule has 0 aromatic carbocycles. The maximum absolute atomic E-state index is 12.0. The Labute approximate surface area is 124 Å². The fraction of sp³-hybridized carbons (Fsp3) is 0.571. The zero-order valence-electron chi connectivity index (χ0n) is 11.7. The second kappa shape index (κ2) is 6.90. The molecule has 1 fully saturated rings. The Morgan fingerprint density at radius 1 is 1.55 bits per heavy atom. The normalized spacial score (nSPS) is 17.1. The first-order valence-electron chi connectivity index (χ1n) is 6.94. The van der Waals surface area contributed by atoms with Crippen molar-refractivity contribution in [1.82, 2.24) is 15.2 Å². The number of nitrogens with two attached hydrogens (primary N) is 1. The van der Waals surface area contributed by atoms with Gasteiger partial charge < -0.3 is 16.0 Å². The number of likely N-dealkylation sites (tertiary alicyclic amines) is 1. The van der Waals surface area contributed by atoms with Crippen molar-refractivity contribution in [3.63, 3.8) is 0 Å². The van der Waals surface area contributed by atoms with Crippen LogP contribution in [0, 0.1) is 5.92 Å². The van der Waals surface area contributed by atoms with E-state index in [0.29, 0.717) is 23.7 Å². The zero-order chi connectivity index (χ0) is 14.5. The molecular formula is C14H21ClN4O. The monoisotopic (exact) mass is 296 g/mol. The second-order valence-electron chi connectivity index (χ2n) is 5.39. The van der Waals surface area contributed by atoms with Gasteiger partial charge >= 0.3 is 0 Å². The SMILES string of the molecule is CN1CCC(CCNC(=O)c2cc(Cl)ncc2N)CC1. The Morgan fingerprint density at radius 3 is 2.95 bits per heavy atom. The van der Waals surface area contributed by atoms with Crippen LogP contribution in [0.2, 0.25) is 5.15 Å². The van der Waals surface area contributed by atoms with Crippen LogP contribution in [0.5, 0.6) is 0 Å². The maximum atomic E-state index is 12.0. The van der Waals surface area contributed by atoms with E-state index in [1.807, 2.05) is 0 Å². The standard InChI is InChI=1S/C14H21ClN4O/c1-19-6-3-10(4-7-19)2-5-17-14(20)11-8-13(15)18-9-12(11)16/h8-10H,2-7,16H2,1H3,(H,17,20). The highest BCUT2D eigenvalue weighted by molar-refractivity contribution is 6.29. The Hall–Kier alpha value is -1.33. The van der Waals surface area contributed by atoms with Gasteiger partial charge in [-0.05, 0) is 51.4 Å². The summed E-state index contributed by atoms with van der Waals surface area (Å²) in [5.74, 6) is 0.518. The molecule has 0 aliphatic carbocycles. The van der Waals surface area contributed by atoms with E-state index < -0.39 is 0 Å². The highest BCUT2D eigenvalue weighted by Gasteiger charge is 2.17. The molecule has 0 atom stereocenters. The zero-order valence-corrected chi connectivity index (χ0v) is 12.5. The summed E-state index contributed by atoms with van der Waals surface area (Å²) in [5, 5.41) is 3.18. The van der Waals surface area contributed by atoms with Gasteiger partial charge in [0.25, 0.3) is 5.91 Å². The third-order valence-electron chi connectivity index (χ3n) is 3.82. The third kappa shape index (κ3) is 4.08. The van der Waals surface area contributed by atoms with Crippen LogP contribution in [0.15, 0.2) is 12.3 Å². The summed E-state index contributed by atoms with van der Waals surface area (Å²) >= 11 is 5.78. The lowest BCUT2D eigenvalue weighted by Crippen LogP contribution is -2.32. The molecule has 1 saturated heterocycles. The lowest BCUT2D eigenvalue weighted by Gasteiger charge is -2.28. The summed E-state index contributed by atoms with van der Waals surface area (Å²) in [6.45, 7) is 2.96. The number of rotatable bonds is 4. The molecule has 0 radical (unpaired) electrons. The summed E-state index contributed by atoms with van der Waals surface area (Å²) in [6, 6.07) is 1.50. The summed E-state index contributed by atoms with van der Waals surface area (Å²) in [6.07, 6.45) is 4.83. The number of pyridine rings is 1. The fourth-order valence-electron chi connectivity index (χ4n) is 2.47. The van der Waals surface area contributed by atoms with Gasteiger partial charge in [0, 0.05) is 6.54 Å². The van der Waals surface area contributed by atoms with Crippen LogP contribution in [0.1, 0.15) is 29.6 Å². The molecule has 1 aromatic heterocycles. The molecule has 20 heavy (non-hydrogen) atoms. The molecule has 5 nitrogen and oxygen atoms in total. The lowest BCUT2D eigenvalue weighted by atomic mass is 9.94. The molecule has 1 aliphatic heterocycles. The van der Waals surface area contributed by atoms with E-state index in [4.69, 9.17) is 17.3 Å². The molecule has 3 N–H and O–H groups in total. The molecule has 0 bridgehead atoms. The number of nitrogens with one attached hydrogen (secondary N) is 1. The molecule has 0 saturated carbocycles. The molecule has 1 aromatic rings. The summed E-state index contributed by atoms with van der Waals surface area (Å²) in [7, 11) is 2.15. The Bertz CT molecular complexity index is 472. The van der Waals surface area contributed by atoms with Gasteiger partial charge in [-0.3, -0.25) is 4.79 Å². The van der Waals surface area contributed by atoms with Crippen LogP contribution in [0.25, 0.3) is 0 Å². The molecule has 2 rings (SSSR count). The van der Waals surface area contributed by atoms with Crippen LogP contribution in [-0.2, 0) is 0 Å². The quantitative estimate of drug-likeness (QED) is 0.831. The number of hydrogen-bond acceptors (Lipinski definition) is 4. The van der Waals surface area contributed by atoms with Crippen LogP contribution in [0.4, 0.5) is 5.69 Å². The highest BCUT2D eigenvalue weighted by atomic mass is 35.5. The van der Waals surface area contributed by atoms with Crippen molar-refractivity contribution in [1.29, 1.82) is 0 Å². The molecule has 0 unspecified atom stereocenters. The Balaban J connectivity index is 1.79. The number of anilines is 1. The second-order valence-corrected chi connectivity index (χ2v) is 5.77. The smallest absolute Gasteiger partial charge is 0.253 e. The van der Waals surface area contributed by atoms with Crippen LogP contribution >= 0.6 is 11.6 Å². The summed E-state index contributed by atoms with van der Waals surface area (Å²) in [4.78, 5) is 18.2. The fourth-order valence-corrected chi connectivity index (χ4v) is 2.63. The first kappa shape index (κ1) is 15.1. The van der Waals surface area contributed by atoms with E-state index in [2.05, 4.69) is 22.2 Å². The first-order chi connectivity index (χ1) is 9.56. The van der Waals surface area contributed by atoms with Crippen molar-refractivity contribution in [3.8, 4) is 0 Å². The van der Waals surface area contributed by atoms with Gasteiger partial charge in [0.1, 0.15) is 5.15 Å². The van der Waals surface area contributed by atoms with Gasteiger partial charge in [-0.25, -0.2) is 4.98 Å². The molecule has 0 spiro atoms. The number of nitrogens with zero attached hydrogens (tertiary/aromatic N) is 2. The number of aromatic nitrogens is 1. The minimum atomic E-state index is -0.181. The third-order valence-corrected chi connectivity index (χ3v) is 4.03. The van der Waals surface area contributed by atoms with Gasteiger partial charge in [0.15, 0.2) is 0 Å². The van der Waals surface area contributed by atoms with Crippen LogP contribution in [0.3, 0.4) is 0 Å². The maximum Gasteiger partial charge on any atom is 0.253 e. The van der Waals surface area contributed by atoms with Gasteiger partial charge in [0.05, 0.1) is 17.4 Å². The number of carbonyl (C=O) groups is 1. The Kier molecular flexibility index (Phi) is 5.20. The number of halogens is 1.